The molecule has 0 unspecified atom stereocenters. The van der Waals surface area contributed by atoms with Crippen molar-refractivity contribution < 1.29 is 4.57 Å². The molecule has 0 aliphatic heterocycles. The maximum atomic E-state index is 8.62. The average molecular weight is 161 g/mol. The number of nitrogens with zero attached hydrogens (tertiary/aromatic N) is 2. The first-order valence-electron chi connectivity index (χ1n) is 4.26. The van der Waals surface area contributed by atoms with E-state index in [0.717, 1.165) is 12.1 Å². The number of hydrogen-bond donors (Lipinski definition) is 0. The molecule has 0 saturated heterocycles. The molecule has 0 aliphatic rings. The van der Waals surface area contributed by atoms with E-state index >= 15 is 0 Å². The van der Waals surface area contributed by atoms with Crippen LogP contribution in [0, 0.1) is 11.3 Å². The zero-order valence-electron chi connectivity index (χ0n) is 7.33. The van der Waals surface area contributed by atoms with E-state index in [1.807, 2.05) is 24.5 Å². The Bertz CT molecular complexity index is 286. The van der Waals surface area contributed by atoms with E-state index < -0.39 is 0 Å². The molecule has 0 fully saturated rings. The van der Waals surface area contributed by atoms with Crippen molar-refractivity contribution in [2.75, 3.05) is 0 Å². The summed E-state index contributed by atoms with van der Waals surface area (Å²) in [5.41, 5.74) is 0.730. The Hall–Kier alpha value is -1.36. The molecule has 0 aliphatic carbocycles. The van der Waals surface area contributed by atoms with Crippen LogP contribution < -0.4 is 4.57 Å². The van der Waals surface area contributed by atoms with Gasteiger partial charge < -0.3 is 0 Å². The minimum absolute atomic E-state index is 0.730. The van der Waals surface area contributed by atoms with E-state index in [1.54, 1.807) is 0 Å². The number of unbranched alkanes of at least 4 members (excludes halogenated alkanes) is 1. The summed E-state index contributed by atoms with van der Waals surface area (Å²) in [7, 11) is 0. The van der Waals surface area contributed by atoms with Crippen molar-refractivity contribution in [1.82, 2.24) is 0 Å². The van der Waals surface area contributed by atoms with Gasteiger partial charge in [0.1, 0.15) is 18.2 Å². The van der Waals surface area contributed by atoms with Gasteiger partial charge in [-0.1, -0.05) is 13.3 Å². The summed E-state index contributed by atoms with van der Waals surface area (Å²) in [6.07, 6.45) is 6.23. The number of nitriles is 1. The standard InChI is InChI=1S/C10H13N2/c1-2-3-6-12-7-4-5-10(8-11)9-12/h4-5,7,9H,2-3,6H2,1H3/q+1. The third-order valence-electron chi connectivity index (χ3n) is 1.76. The highest BCUT2D eigenvalue weighted by molar-refractivity contribution is 5.21. The number of aromatic nitrogens is 1. The van der Waals surface area contributed by atoms with E-state index in [0.29, 0.717) is 0 Å². The van der Waals surface area contributed by atoms with E-state index in [-0.39, 0.29) is 0 Å². The minimum Gasteiger partial charge on any atom is -0.204 e. The van der Waals surface area contributed by atoms with Crippen molar-refractivity contribution in [2.24, 2.45) is 0 Å². The third kappa shape index (κ3) is 2.35. The number of pyridine rings is 1. The SMILES string of the molecule is CCCC[n+]1cccc(C#N)c1. The van der Waals surface area contributed by atoms with Crippen molar-refractivity contribution >= 4 is 0 Å². The van der Waals surface area contributed by atoms with Crippen LogP contribution >= 0.6 is 0 Å². The van der Waals surface area contributed by atoms with Crippen molar-refractivity contribution in [3.63, 3.8) is 0 Å². The molecule has 0 radical (unpaired) electrons. The van der Waals surface area contributed by atoms with Crippen molar-refractivity contribution in [1.29, 1.82) is 5.26 Å². The van der Waals surface area contributed by atoms with Crippen LogP contribution in [0.2, 0.25) is 0 Å². The highest BCUT2D eigenvalue weighted by atomic mass is 14.9. The number of aryl methyl sites for hydroxylation is 1. The van der Waals surface area contributed by atoms with Gasteiger partial charge in [-0.3, -0.25) is 0 Å². The molecule has 0 amide bonds. The van der Waals surface area contributed by atoms with Gasteiger partial charge in [-0.25, -0.2) is 4.57 Å². The van der Waals surface area contributed by atoms with Gasteiger partial charge in [-0.2, -0.15) is 5.26 Å². The number of hydrogen-bond acceptors (Lipinski definition) is 1. The average Bonchev–Trinajstić information content (AvgIpc) is 2.15. The number of rotatable bonds is 3. The van der Waals surface area contributed by atoms with Gasteiger partial charge in [0, 0.05) is 12.5 Å². The second-order valence-corrected chi connectivity index (χ2v) is 2.80. The second kappa shape index (κ2) is 4.50. The summed E-state index contributed by atoms with van der Waals surface area (Å²) in [5, 5.41) is 8.62. The van der Waals surface area contributed by atoms with Crippen LogP contribution in [-0.2, 0) is 6.54 Å². The molecular formula is C10H13N2+. The molecule has 0 spiro atoms. The summed E-state index contributed by atoms with van der Waals surface area (Å²) in [6.45, 7) is 3.17. The van der Waals surface area contributed by atoms with Gasteiger partial charge in [0.2, 0.25) is 0 Å². The molecule has 2 nitrogen and oxygen atoms in total. The Labute approximate surface area is 73.1 Å². The lowest BCUT2D eigenvalue weighted by Gasteiger charge is -1.93. The molecular weight excluding hydrogens is 148 g/mol. The van der Waals surface area contributed by atoms with Crippen LogP contribution in [0.1, 0.15) is 25.3 Å². The van der Waals surface area contributed by atoms with Crippen LogP contribution in [0.25, 0.3) is 0 Å². The summed E-state index contributed by atoms with van der Waals surface area (Å²) in [5.74, 6) is 0. The Morgan fingerprint density at radius 1 is 1.58 bits per heavy atom. The summed E-state index contributed by atoms with van der Waals surface area (Å²) in [4.78, 5) is 0. The molecule has 2 heteroatoms. The summed E-state index contributed by atoms with van der Waals surface area (Å²) >= 11 is 0. The third-order valence-corrected chi connectivity index (χ3v) is 1.76. The van der Waals surface area contributed by atoms with E-state index in [9.17, 15) is 0 Å². The predicted octanol–water partition coefficient (Wildman–Crippen LogP) is 1.65. The van der Waals surface area contributed by atoms with Gasteiger partial charge in [-0.05, 0) is 6.07 Å². The maximum absolute atomic E-state index is 8.62. The van der Waals surface area contributed by atoms with Crippen LogP contribution in [0.15, 0.2) is 24.5 Å². The zero-order chi connectivity index (χ0) is 8.81. The maximum Gasteiger partial charge on any atom is 0.186 e. The van der Waals surface area contributed by atoms with Gasteiger partial charge >= 0.3 is 0 Å². The fourth-order valence-electron chi connectivity index (χ4n) is 1.07. The first-order valence-corrected chi connectivity index (χ1v) is 4.26. The Balaban J connectivity index is 2.68. The van der Waals surface area contributed by atoms with Gasteiger partial charge in [0.05, 0.1) is 0 Å². The summed E-state index contributed by atoms with van der Waals surface area (Å²) in [6, 6.07) is 5.86. The molecule has 0 saturated carbocycles. The van der Waals surface area contributed by atoms with Crippen LogP contribution in [0.5, 0.6) is 0 Å². The van der Waals surface area contributed by atoms with E-state index in [2.05, 4.69) is 17.6 Å². The lowest BCUT2D eigenvalue weighted by Crippen LogP contribution is -2.32. The fourth-order valence-corrected chi connectivity index (χ4v) is 1.07. The lowest BCUT2D eigenvalue weighted by atomic mass is 10.3. The molecule has 0 bridgehead atoms. The van der Waals surface area contributed by atoms with Crippen LogP contribution in [0.3, 0.4) is 0 Å². The smallest absolute Gasteiger partial charge is 0.186 e. The van der Waals surface area contributed by atoms with Gasteiger partial charge in [0.25, 0.3) is 0 Å². The Morgan fingerprint density at radius 2 is 2.42 bits per heavy atom. The quantitative estimate of drug-likeness (QED) is 0.619. The molecule has 1 aromatic rings. The zero-order valence-corrected chi connectivity index (χ0v) is 7.33. The molecule has 0 aromatic carbocycles. The highest BCUT2D eigenvalue weighted by Crippen LogP contribution is 1.92. The molecule has 0 atom stereocenters. The van der Waals surface area contributed by atoms with Crippen molar-refractivity contribution in [2.45, 2.75) is 26.3 Å². The fraction of sp³-hybridized carbons (Fsp3) is 0.400. The predicted molar refractivity (Wildman–Crippen MR) is 46.3 cm³/mol. The molecule has 12 heavy (non-hydrogen) atoms. The Morgan fingerprint density at radius 3 is 3.08 bits per heavy atom. The first-order chi connectivity index (χ1) is 5.86. The van der Waals surface area contributed by atoms with E-state index in [1.165, 1.54) is 12.8 Å². The van der Waals surface area contributed by atoms with Gasteiger partial charge in [-0.15, -0.1) is 0 Å². The lowest BCUT2D eigenvalue weighted by molar-refractivity contribution is -0.697. The van der Waals surface area contributed by atoms with E-state index in [4.69, 9.17) is 5.26 Å². The molecule has 1 aromatic heterocycles. The van der Waals surface area contributed by atoms with Gasteiger partial charge in [0.15, 0.2) is 12.4 Å². The monoisotopic (exact) mass is 161 g/mol. The van der Waals surface area contributed by atoms with Crippen molar-refractivity contribution in [3.05, 3.63) is 30.1 Å². The summed E-state index contributed by atoms with van der Waals surface area (Å²) < 4.78 is 2.06. The van der Waals surface area contributed by atoms with Crippen LogP contribution in [0.4, 0.5) is 0 Å². The minimum atomic E-state index is 0.730. The molecule has 0 N–H and O–H groups in total. The largest absolute Gasteiger partial charge is 0.204 e. The highest BCUT2D eigenvalue weighted by Gasteiger charge is 1.99. The molecule has 1 rings (SSSR count). The molecule has 62 valence electrons. The Kier molecular flexibility index (Phi) is 3.28. The second-order valence-electron chi connectivity index (χ2n) is 2.80. The van der Waals surface area contributed by atoms with Crippen LogP contribution in [-0.4, -0.2) is 0 Å². The molecule has 1 heterocycles. The normalized spacial score (nSPS) is 9.33. The topological polar surface area (TPSA) is 27.7 Å². The first kappa shape index (κ1) is 8.73. The van der Waals surface area contributed by atoms with Crippen molar-refractivity contribution in [3.8, 4) is 6.07 Å².